The maximum atomic E-state index is 13.9. The molecule has 134 valence electrons. The second-order valence-corrected chi connectivity index (χ2v) is 6.49. The minimum Gasteiger partial charge on any atom is -0.464 e. The minimum atomic E-state index is -0.485. The number of benzene rings is 1. The normalized spacial score (nSPS) is 15.2. The number of fused-ring (bicyclic) bond motifs is 1. The summed E-state index contributed by atoms with van der Waals surface area (Å²) in [6, 6.07) is 8.82. The van der Waals surface area contributed by atoms with Gasteiger partial charge in [-0.05, 0) is 12.1 Å². The Morgan fingerprint density at radius 1 is 1.31 bits per heavy atom. The highest BCUT2D eigenvalue weighted by Gasteiger charge is 2.28. The fourth-order valence-corrected chi connectivity index (χ4v) is 3.24. The zero-order valence-corrected chi connectivity index (χ0v) is 14.3. The van der Waals surface area contributed by atoms with E-state index in [9.17, 15) is 9.18 Å². The molecule has 2 aromatic heterocycles. The molecule has 1 aliphatic rings. The van der Waals surface area contributed by atoms with Gasteiger partial charge in [-0.15, -0.1) is 5.10 Å². The maximum Gasteiger partial charge on any atom is 0.360 e. The third-order valence-corrected chi connectivity index (χ3v) is 4.53. The Labute approximate surface area is 149 Å². The van der Waals surface area contributed by atoms with Crippen LogP contribution in [-0.2, 0) is 17.8 Å². The standard InChI is InChI=1S/C18H18FN5O2/c1-26-18(25)16-11-24(22-21-16)9-12-7-23(8-12)10-14-6-5-13-3-2-4-15(19)17(13)20-14/h2-6,11-12H,7-10H2,1H3. The van der Waals surface area contributed by atoms with Crippen LogP contribution in [0.25, 0.3) is 10.9 Å². The van der Waals surface area contributed by atoms with Crippen molar-refractivity contribution in [3.63, 3.8) is 0 Å². The molecule has 0 radical (unpaired) electrons. The molecule has 1 saturated heterocycles. The van der Waals surface area contributed by atoms with E-state index < -0.39 is 5.97 Å². The van der Waals surface area contributed by atoms with E-state index in [1.165, 1.54) is 13.2 Å². The third kappa shape index (κ3) is 3.28. The Morgan fingerprint density at radius 2 is 2.15 bits per heavy atom. The number of hydrogen-bond donors (Lipinski definition) is 0. The first-order valence-electron chi connectivity index (χ1n) is 8.37. The summed E-state index contributed by atoms with van der Waals surface area (Å²) in [5, 5.41) is 8.56. The monoisotopic (exact) mass is 355 g/mol. The molecule has 3 heterocycles. The number of carbonyl (C=O) groups is 1. The number of aromatic nitrogens is 4. The third-order valence-electron chi connectivity index (χ3n) is 4.53. The first-order chi connectivity index (χ1) is 12.6. The minimum absolute atomic E-state index is 0.214. The number of hydrogen-bond acceptors (Lipinski definition) is 6. The van der Waals surface area contributed by atoms with Gasteiger partial charge in [0.1, 0.15) is 11.3 Å². The van der Waals surface area contributed by atoms with Crippen LogP contribution >= 0.6 is 0 Å². The summed E-state index contributed by atoms with van der Waals surface area (Å²) < 4.78 is 20.1. The zero-order valence-electron chi connectivity index (χ0n) is 14.3. The number of esters is 1. The van der Waals surface area contributed by atoms with E-state index in [-0.39, 0.29) is 11.5 Å². The second kappa shape index (κ2) is 6.80. The van der Waals surface area contributed by atoms with E-state index >= 15 is 0 Å². The van der Waals surface area contributed by atoms with Crippen molar-refractivity contribution >= 4 is 16.9 Å². The van der Waals surface area contributed by atoms with Crippen molar-refractivity contribution in [3.8, 4) is 0 Å². The maximum absolute atomic E-state index is 13.9. The highest BCUT2D eigenvalue weighted by molar-refractivity contribution is 5.86. The van der Waals surface area contributed by atoms with Crippen molar-refractivity contribution < 1.29 is 13.9 Å². The first-order valence-corrected chi connectivity index (χ1v) is 8.37. The summed E-state index contributed by atoms with van der Waals surface area (Å²) in [4.78, 5) is 18.1. The van der Waals surface area contributed by atoms with Crippen LogP contribution in [0.15, 0.2) is 36.5 Å². The van der Waals surface area contributed by atoms with E-state index in [1.54, 1.807) is 16.9 Å². The van der Waals surface area contributed by atoms with Gasteiger partial charge in [0.2, 0.25) is 0 Å². The molecule has 3 aromatic rings. The molecular weight excluding hydrogens is 337 g/mol. The quantitative estimate of drug-likeness (QED) is 0.651. The van der Waals surface area contributed by atoms with Crippen LogP contribution in [0.2, 0.25) is 0 Å². The fraction of sp³-hybridized carbons (Fsp3) is 0.333. The number of likely N-dealkylation sites (tertiary alicyclic amines) is 1. The summed E-state index contributed by atoms with van der Waals surface area (Å²) >= 11 is 0. The van der Waals surface area contributed by atoms with Crippen molar-refractivity contribution in [1.82, 2.24) is 24.9 Å². The average Bonchev–Trinajstić information content (AvgIpc) is 3.08. The number of carbonyl (C=O) groups excluding carboxylic acids is 1. The van der Waals surface area contributed by atoms with Crippen LogP contribution in [0.1, 0.15) is 16.2 Å². The van der Waals surface area contributed by atoms with Gasteiger partial charge in [0.15, 0.2) is 5.69 Å². The lowest BCUT2D eigenvalue weighted by Gasteiger charge is -2.38. The summed E-state index contributed by atoms with van der Waals surface area (Å²) in [6.07, 6.45) is 1.60. The van der Waals surface area contributed by atoms with E-state index in [0.717, 1.165) is 24.2 Å². The molecule has 7 nitrogen and oxygen atoms in total. The van der Waals surface area contributed by atoms with Gasteiger partial charge in [-0.1, -0.05) is 23.4 Å². The predicted octanol–water partition coefficient (Wildman–Crippen LogP) is 1.88. The van der Waals surface area contributed by atoms with Crippen molar-refractivity contribution in [1.29, 1.82) is 0 Å². The molecule has 0 atom stereocenters. The number of methoxy groups -OCH3 is 1. The topological polar surface area (TPSA) is 73.1 Å². The number of rotatable bonds is 5. The molecule has 0 spiro atoms. The number of pyridine rings is 1. The molecule has 0 amide bonds. The van der Waals surface area contributed by atoms with Crippen molar-refractivity contribution in [2.75, 3.05) is 20.2 Å². The lowest BCUT2D eigenvalue weighted by Crippen LogP contribution is -2.47. The van der Waals surface area contributed by atoms with Gasteiger partial charge in [-0.3, -0.25) is 9.58 Å². The Kier molecular flexibility index (Phi) is 4.34. The molecule has 0 aliphatic carbocycles. The molecule has 0 saturated carbocycles. The fourth-order valence-electron chi connectivity index (χ4n) is 3.24. The SMILES string of the molecule is COC(=O)c1cn(CC2CN(Cc3ccc4cccc(F)c4n3)C2)nn1. The summed E-state index contributed by atoms with van der Waals surface area (Å²) in [5.74, 6) is -0.348. The van der Waals surface area contributed by atoms with Gasteiger partial charge in [-0.25, -0.2) is 14.2 Å². The molecule has 1 aromatic carbocycles. The molecule has 0 N–H and O–H groups in total. The Morgan fingerprint density at radius 3 is 2.96 bits per heavy atom. The van der Waals surface area contributed by atoms with Crippen LogP contribution in [0, 0.1) is 11.7 Å². The number of halogens is 1. The number of ether oxygens (including phenoxy) is 1. The van der Waals surface area contributed by atoms with Crippen molar-refractivity contribution in [2.24, 2.45) is 5.92 Å². The number of para-hydroxylation sites is 1. The summed E-state index contributed by atoms with van der Waals surface area (Å²) in [7, 11) is 1.32. The summed E-state index contributed by atoms with van der Waals surface area (Å²) in [6.45, 7) is 3.17. The van der Waals surface area contributed by atoms with Gasteiger partial charge >= 0.3 is 5.97 Å². The molecular formula is C18H18FN5O2. The summed E-state index contributed by atoms with van der Waals surface area (Å²) in [5.41, 5.74) is 1.49. The van der Waals surface area contributed by atoms with E-state index in [4.69, 9.17) is 0 Å². The van der Waals surface area contributed by atoms with Crippen LogP contribution in [-0.4, -0.2) is 51.0 Å². The predicted molar refractivity (Wildman–Crippen MR) is 91.8 cm³/mol. The van der Waals surface area contributed by atoms with E-state index in [1.807, 2.05) is 18.2 Å². The van der Waals surface area contributed by atoms with Crippen molar-refractivity contribution in [2.45, 2.75) is 13.1 Å². The molecule has 0 unspecified atom stereocenters. The Hall–Kier alpha value is -2.87. The van der Waals surface area contributed by atoms with Crippen LogP contribution in [0.3, 0.4) is 0 Å². The lowest BCUT2D eigenvalue weighted by atomic mass is 10.00. The molecule has 1 aliphatic heterocycles. The molecule has 0 bridgehead atoms. The van der Waals surface area contributed by atoms with Gasteiger partial charge in [0.05, 0.1) is 19.0 Å². The number of nitrogens with zero attached hydrogens (tertiary/aromatic N) is 5. The van der Waals surface area contributed by atoms with Gasteiger partial charge < -0.3 is 4.74 Å². The van der Waals surface area contributed by atoms with E-state index in [0.29, 0.717) is 24.5 Å². The first kappa shape index (κ1) is 16.6. The van der Waals surface area contributed by atoms with E-state index in [2.05, 4.69) is 24.9 Å². The molecule has 8 heteroatoms. The van der Waals surface area contributed by atoms with Crippen LogP contribution in [0.4, 0.5) is 4.39 Å². The molecule has 4 rings (SSSR count). The highest BCUT2D eigenvalue weighted by Crippen LogP contribution is 2.21. The lowest BCUT2D eigenvalue weighted by molar-refractivity contribution is 0.0593. The zero-order chi connectivity index (χ0) is 18.1. The van der Waals surface area contributed by atoms with Gasteiger partial charge in [0, 0.05) is 37.5 Å². The van der Waals surface area contributed by atoms with Crippen LogP contribution in [0.5, 0.6) is 0 Å². The Bertz CT molecular complexity index is 952. The average molecular weight is 355 g/mol. The van der Waals surface area contributed by atoms with Gasteiger partial charge in [-0.2, -0.15) is 0 Å². The Balaban J connectivity index is 1.33. The smallest absolute Gasteiger partial charge is 0.360 e. The highest BCUT2D eigenvalue weighted by atomic mass is 19.1. The molecule has 1 fully saturated rings. The van der Waals surface area contributed by atoms with Crippen molar-refractivity contribution in [3.05, 3.63) is 53.7 Å². The van der Waals surface area contributed by atoms with Crippen LogP contribution < -0.4 is 0 Å². The largest absolute Gasteiger partial charge is 0.464 e. The second-order valence-electron chi connectivity index (χ2n) is 6.49. The van der Waals surface area contributed by atoms with Gasteiger partial charge in [0.25, 0.3) is 0 Å². The molecule has 26 heavy (non-hydrogen) atoms.